The van der Waals surface area contributed by atoms with Crippen molar-refractivity contribution in [3.05, 3.63) is 75.3 Å². The van der Waals surface area contributed by atoms with E-state index in [-0.39, 0.29) is 50.3 Å². The number of carbonyl (C=O) groups excluding carboxylic acids is 2. The third-order valence-corrected chi connectivity index (χ3v) is 11.3. The van der Waals surface area contributed by atoms with Gasteiger partial charge in [0.25, 0.3) is 15.9 Å². The molecule has 3 aromatic rings. The Kier molecular flexibility index (Phi) is 9.08. The molecule has 2 unspecified atom stereocenters. The van der Waals surface area contributed by atoms with Crippen molar-refractivity contribution in [2.45, 2.75) is 42.4 Å². The number of alkyl halides is 4. The van der Waals surface area contributed by atoms with Crippen LogP contribution in [0.4, 0.5) is 23.2 Å². The van der Waals surface area contributed by atoms with Crippen molar-refractivity contribution in [1.29, 1.82) is 0 Å². The van der Waals surface area contributed by atoms with Crippen molar-refractivity contribution in [2.75, 3.05) is 39.2 Å². The Balaban J connectivity index is 1.95. The maximum atomic E-state index is 15.7. The molecule has 0 radical (unpaired) electrons. The number of methoxy groups -OCH3 is 2. The second-order valence-electron chi connectivity index (χ2n) is 11.5. The van der Waals surface area contributed by atoms with Crippen LogP contribution in [-0.2, 0) is 25.2 Å². The normalized spacial score (nSPS) is 24.0. The molecular formula is C31H30Cl2F4N3O7S+. The Morgan fingerprint density at radius 1 is 1.06 bits per heavy atom. The molecule has 2 heterocycles. The predicted octanol–water partition coefficient (Wildman–Crippen LogP) is 5.50. The van der Waals surface area contributed by atoms with Crippen LogP contribution in [0.2, 0.25) is 10.0 Å². The topological polar surface area (TPSA) is 111 Å². The highest BCUT2D eigenvalue weighted by Crippen LogP contribution is 2.59. The summed E-state index contributed by atoms with van der Waals surface area (Å²) in [7, 11) is -0.0888. The van der Waals surface area contributed by atoms with Gasteiger partial charge in [-0.1, -0.05) is 23.2 Å². The number of ether oxygens (including phenoxy) is 3. The maximum absolute atomic E-state index is 15.7. The lowest BCUT2D eigenvalue weighted by molar-refractivity contribution is -0.953. The Hall–Kier alpha value is -3.79. The lowest BCUT2D eigenvalue weighted by Crippen LogP contribution is -2.69. The molecule has 10 nitrogen and oxygen atoms in total. The predicted molar refractivity (Wildman–Crippen MR) is 168 cm³/mol. The van der Waals surface area contributed by atoms with E-state index in [4.69, 9.17) is 32.7 Å². The van der Waals surface area contributed by atoms with Gasteiger partial charge in [-0.25, -0.2) is 12.8 Å². The number of hydrogen-bond acceptors (Lipinski definition) is 7. The molecule has 1 N–H and O–H groups in total. The van der Waals surface area contributed by atoms with Gasteiger partial charge in [-0.15, -0.1) is 13.2 Å². The molecule has 2 aliphatic rings. The van der Waals surface area contributed by atoms with Crippen molar-refractivity contribution in [1.82, 2.24) is 5.32 Å². The SMILES string of the molecule is CNC(=O)[C@@H]1C[C@@H](F)C[N+]1(C)C1(c2cc(Cl)ccc2OC)C(=O)N(S(=O)(=O)c2ccc(OC)cc2OC(F)(F)F)c2ccc(Cl)c(C)c21. The monoisotopic (exact) mass is 734 g/mol. The minimum atomic E-state index is -5.34. The number of halogens is 6. The first kappa shape index (κ1) is 35.5. The first-order valence-electron chi connectivity index (χ1n) is 14.3. The van der Waals surface area contributed by atoms with Crippen molar-refractivity contribution >= 4 is 50.7 Å². The van der Waals surface area contributed by atoms with Gasteiger partial charge in [0.1, 0.15) is 22.9 Å². The molecular weight excluding hydrogens is 705 g/mol. The highest BCUT2D eigenvalue weighted by Gasteiger charge is 2.73. The molecule has 0 bridgehead atoms. The third kappa shape index (κ3) is 5.31. The number of nitrogens with one attached hydrogen (secondary N) is 1. The van der Waals surface area contributed by atoms with Crippen LogP contribution < -0.4 is 23.8 Å². The highest BCUT2D eigenvalue weighted by atomic mass is 35.5. The van der Waals surface area contributed by atoms with Crippen molar-refractivity contribution in [3.63, 3.8) is 0 Å². The number of likely N-dealkylation sites (tertiary alicyclic amines) is 1. The quantitative estimate of drug-likeness (QED) is 0.241. The molecule has 1 saturated heterocycles. The Labute approximate surface area is 283 Å². The number of carbonyl (C=O) groups is 2. The van der Waals surface area contributed by atoms with Gasteiger partial charge < -0.3 is 19.5 Å². The van der Waals surface area contributed by atoms with Gasteiger partial charge in [0.05, 0.1) is 38.1 Å². The van der Waals surface area contributed by atoms with Gasteiger partial charge in [0, 0.05) is 29.6 Å². The van der Waals surface area contributed by atoms with Gasteiger partial charge in [0.2, 0.25) is 5.54 Å². The fourth-order valence-electron chi connectivity index (χ4n) is 6.98. The van der Waals surface area contributed by atoms with E-state index in [2.05, 4.69) is 10.1 Å². The molecule has 0 spiro atoms. The van der Waals surface area contributed by atoms with E-state index >= 15 is 9.18 Å². The number of likely N-dealkylation sites (N-methyl/N-ethyl adjacent to an activating group) is 2. The number of benzene rings is 3. The number of amides is 2. The number of quaternary nitrogens is 1. The fourth-order valence-corrected chi connectivity index (χ4v) is 8.87. The molecule has 2 amide bonds. The number of anilines is 1. The lowest BCUT2D eigenvalue weighted by Gasteiger charge is -2.49. The molecule has 0 aromatic heterocycles. The zero-order valence-corrected chi connectivity index (χ0v) is 28.4. The zero-order valence-electron chi connectivity index (χ0n) is 26.1. The summed E-state index contributed by atoms with van der Waals surface area (Å²) in [6, 6.07) is 8.08. The van der Waals surface area contributed by atoms with E-state index in [1.807, 2.05) is 0 Å². The Morgan fingerprint density at radius 3 is 2.35 bits per heavy atom. The average Bonchev–Trinajstić information content (AvgIpc) is 3.48. The molecule has 17 heteroatoms. The van der Waals surface area contributed by atoms with Crippen LogP contribution in [0.15, 0.2) is 53.4 Å². The summed E-state index contributed by atoms with van der Waals surface area (Å²) in [5.41, 5.74) is -2.50. The summed E-state index contributed by atoms with van der Waals surface area (Å²) in [4.78, 5) is 27.9. The highest BCUT2D eigenvalue weighted by molar-refractivity contribution is 7.93. The van der Waals surface area contributed by atoms with Gasteiger partial charge in [-0.3, -0.25) is 14.1 Å². The van der Waals surface area contributed by atoms with Crippen molar-refractivity contribution < 1.29 is 54.3 Å². The summed E-state index contributed by atoms with van der Waals surface area (Å²) in [5, 5.41) is 2.66. The molecule has 48 heavy (non-hydrogen) atoms. The fraction of sp³-hybridized carbons (Fsp3) is 0.355. The van der Waals surface area contributed by atoms with E-state index in [1.54, 1.807) is 0 Å². The first-order chi connectivity index (χ1) is 22.4. The summed E-state index contributed by atoms with van der Waals surface area (Å²) in [5.74, 6) is -3.21. The van der Waals surface area contributed by atoms with E-state index in [9.17, 15) is 26.4 Å². The van der Waals surface area contributed by atoms with Crippen LogP contribution in [0.3, 0.4) is 0 Å². The van der Waals surface area contributed by atoms with Crippen LogP contribution in [-0.4, -0.2) is 78.2 Å². The second-order valence-corrected chi connectivity index (χ2v) is 14.1. The minimum absolute atomic E-state index is 0.0279. The van der Waals surface area contributed by atoms with E-state index in [1.165, 1.54) is 58.5 Å². The summed E-state index contributed by atoms with van der Waals surface area (Å²) in [6.45, 7) is 1.04. The molecule has 4 atom stereocenters. The summed E-state index contributed by atoms with van der Waals surface area (Å²) < 4.78 is 100. The number of rotatable bonds is 8. The molecule has 2 aliphatic heterocycles. The van der Waals surface area contributed by atoms with E-state index < -0.39 is 67.6 Å². The Bertz CT molecular complexity index is 1930. The van der Waals surface area contributed by atoms with Gasteiger partial charge in [0.15, 0.2) is 18.0 Å². The smallest absolute Gasteiger partial charge is 0.497 e. The van der Waals surface area contributed by atoms with E-state index in [0.29, 0.717) is 10.4 Å². The molecule has 3 aromatic carbocycles. The number of sulfonamides is 1. The second kappa shape index (κ2) is 12.3. The van der Waals surface area contributed by atoms with Crippen LogP contribution in [0.1, 0.15) is 23.1 Å². The zero-order chi connectivity index (χ0) is 35.6. The van der Waals surface area contributed by atoms with Crippen LogP contribution in [0.5, 0.6) is 17.2 Å². The number of nitrogens with zero attached hydrogens (tertiary/aromatic N) is 2. The van der Waals surface area contributed by atoms with Gasteiger partial charge in [-0.2, -0.15) is 4.31 Å². The largest absolute Gasteiger partial charge is 0.573 e. The number of hydrogen-bond donors (Lipinski definition) is 1. The molecule has 1 fully saturated rings. The summed E-state index contributed by atoms with van der Waals surface area (Å²) >= 11 is 13.1. The lowest BCUT2D eigenvalue weighted by atomic mass is 9.77. The Morgan fingerprint density at radius 2 is 1.75 bits per heavy atom. The third-order valence-electron chi connectivity index (χ3n) is 8.96. The van der Waals surface area contributed by atoms with Gasteiger partial charge in [-0.05, 0) is 55.0 Å². The molecule has 258 valence electrons. The standard InChI is InChI=1S/C31H29Cl2F4N3O7S/c1-16-21(33)8-9-22-27(16)30(20-12-17(32)6-10-24(20)46-5,40(3)15-18(34)13-23(40)28(41)38-2)29(42)39(22)48(43,44)26-11-7-19(45-4)14-25(26)47-31(35,36)37/h6-12,14,18,23H,13,15H2,1-5H3/p+1/t18-,23+,30?,40?/m1/s1. The van der Waals surface area contributed by atoms with Crippen LogP contribution >= 0.6 is 23.2 Å². The molecule has 5 rings (SSSR count). The minimum Gasteiger partial charge on any atom is -0.497 e. The van der Waals surface area contributed by atoms with Crippen molar-refractivity contribution in [2.24, 2.45) is 0 Å². The molecule has 0 aliphatic carbocycles. The van der Waals surface area contributed by atoms with Gasteiger partial charge >= 0.3 is 12.3 Å². The number of fused-ring (bicyclic) bond motifs is 1. The van der Waals surface area contributed by atoms with Crippen molar-refractivity contribution in [3.8, 4) is 17.2 Å². The average molecular weight is 736 g/mol. The first-order valence-corrected chi connectivity index (χ1v) is 16.5. The van der Waals surface area contributed by atoms with E-state index in [0.717, 1.165) is 19.2 Å². The summed E-state index contributed by atoms with van der Waals surface area (Å²) in [6.07, 6.45) is -7.33. The van der Waals surface area contributed by atoms with Crippen LogP contribution in [0, 0.1) is 6.92 Å². The maximum Gasteiger partial charge on any atom is 0.573 e. The van der Waals surface area contributed by atoms with Crippen LogP contribution in [0.25, 0.3) is 0 Å². The molecule has 0 saturated carbocycles.